The number of amides is 1. The van der Waals surface area contributed by atoms with Crippen molar-refractivity contribution in [2.45, 2.75) is 0 Å². The number of methoxy groups -OCH3 is 1. The molecule has 0 saturated carbocycles. The summed E-state index contributed by atoms with van der Waals surface area (Å²) in [6, 6.07) is 3.35. The molecule has 0 N–H and O–H groups in total. The SMILES string of the molecule is C=CCN(CC=C)C(=O)c1ccc(OC)nc1. The standard InChI is InChI=1S/C13H16N2O2/c1-4-8-15(9-5-2)13(16)11-6-7-12(17-3)14-10-11/h4-7,10H,1-2,8-9H2,3H3. The van der Waals surface area contributed by atoms with Crippen LogP contribution in [0.3, 0.4) is 0 Å². The Morgan fingerprint density at radius 2 is 2.06 bits per heavy atom. The first kappa shape index (κ1) is 13.0. The number of carbonyl (C=O) groups is 1. The summed E-state index contributed by atoms with van der Waals surface area (Å²) in [6.45, 7) is 8.21. The van der Waals surface area contributed by atoms with Gasteiger partial charge < -0.3 is 9.64 Å². The largest absolute Gasteiger partial charge is 0.481 e. The van der Waals surface area contributed by atoms with Gasteiger partial charge in [0.2, 0.25) is 5.88 Å². The van der Waals surface area contributed by atoms with Crippen LogP contribution in [-0.4, -0.2) is 36.0 Å². The van der Waals surface area contributed by atoms with Crippen molar-refractivity contribution in [1.82, 2.24) is 9.88 Å². The van der Waals surface area contributed by atoms with Crippen molar-refractivity contribution in [3.05, 3.63) is 49.2 Å². The van der Waals surface area contributed by atoms with Gasteiger partial charge in [-0.25, -0.2) is 4.98 Å². The first-order chi connectivity index (χ1) is 8.22. The monoisotopic (exact) mass is 232 g/mol. The lowest BCUT2D eigenvalue weighted by Gasteiger charge is -2.19. The Hall–Kier alpha value is -2.10. The summed E-state index contributed by atoms with van der Waals surface area (Å²) in [6.07, 6.45) is 4.86. The lowest BCUT2D eigenvalue weighted by molar-refractivity contribution is 0.0790. The molecule has 0 radical (unpaired) electrons. The van der Waals surface area contributed by atoms with Gasteiger partial charge in [-0.2, -0.15) is 0 Å². The molecule has 0 saturated heterocycles. The van der Waals surface area contributed by atoms with Crippen LogP contribution in [0.5, 0.6) is 5.88 Å². The Kier molecular flexibility index (Phi) is 4.94. The van der Waals surface area contributed by atoms with Gasteiger partial charge in [0.25, 0.3) is 5.91 Å². The predicted molar refractivity (Wildman–Crippen MR) is 67.1 cm³/mol. The van der Waals surface area contributed by atoms with E-state index in [1.54, 1.807) is 29.2 Å². The maximum atomic E-state index is 12.1. The summed E-state index contributed by atoms with van der Waals surface area (Å²) in [5.41, 5.74) is 0.523. The first-order valence-electron chi connectivity index (χ1n) is 5.24. The minimum absolute atomic E-state index is 0.0973. The number of nitrogens with zero attached hydrogens (tertiary/aromatic N) is 2. The highest BCUT2D eigenvalue weighted by Crippen LogP contribution is 2.09. The number of aromatic nitrogens is 1. The van der Waals surface area contributed by atoms with Crippen LogP contribution in [0.25, 0.3) is 0 Å². The fraction of sp³-hybridized carbons (Fsp3) is 0.231. The first-order valence-corrected chi connectivity index (χ1v) is 5.24. The number of ether oxygens (including phenoxy) is 1. The molecular weight excluding hydrogens is 216 g/mol. The van der Waals surface area contributed by atoms with E-state index in [4.69, 9.17) is 4.74 Å². The molecule has 0 aromatic carbocycles. The van der Waals surface area contributed by atoms with Gasteiger partial charge in [0.05, 0.1) is 12.7 Å². The van der Waals surface area contributed by atoms with E-state index in [9.17, 15) is 4.79 Å². The molecule has 17 heavy (non-hydrogen) atoms. The molecule has 0 atom stereocenters. The second kappa shape index (κ2) is 6.48. The van der Waals surface area contributed by atoms with Gasteiger partial charge in [-0.05, 0) is 6.07 Å². The highest BCUT2D eigenvalue weighted by Gasteiger charge is 2.13. The van der Waals surface area contributed by atoms with E-state index in [0.717, 1.165) is 0 Å². The molecule has 1 heterocycles. The highest BCUT2D eigenvalue weighted by molar-refractivity contribution is 5.94. The van der Waals surface area contributed by atoms with Gasteiger partial charge in [-0.1, -0.05) is 12.2 Å². The van der Waals surface area contributed by atoms with Crippen LogP contribution in [0.1, 0.15) is 10.4 Å². The fourth-order valence-corrected chi connectivity index (χ4v) is 1.36. The molecule has 90 valence electrons. The van der Waals surface area contributed by atoms with E-state index < -0.39 is 0 Å². The molecule has 4 nitrogen and oxygen atoms in total. The zero-order valence-electron chi connectivity index (χ0n) is 9.93. The molecular formula is C13H16N2O2. The smallest absolute Gasteiger partial charge is 0.255 e. The minimum Gasteiger partial charge on any atom is -0.481 e. The van der Waals surface area contributed by atoms with E-state index in [-0.39, 0.29) is 5.91 Å². The lowest BCUT2D eigenvalue weighted by Crippen LogP contribution is -2.31. The van der Waals surface area contributed by atoms with Crippen molar-refractivity contribution in [2.75, 3.05) is 20.2 Å². The topological polar surface area (TPSA) is 42.4 Å². The van der Waals surface area contributed by atoms with Crippen molar-refractivity contribution in [3.63, 3.8) is 0 Å². The highest BCUT2D eigenvalue weighted by atomic mass is 16.5. The summed E-state index contributed by atoms with van der Waals surface area (Å²) in [4.78, 5) is 17.7. The van der Waals surface area contributed by atoms with Crippen molar-refractivity contribution in [2.24, 2.45) is 0 Å². The maximum absolute atomic E-state index is 12.1. The molecule has 0 bridgehead atoms. The van der Waals surface area contributed by atoms with Gasteiger partial charge in [0, 0.05) is 25.4 Å². The molecule has 0 fully saturated rings. The summed E-state index contributed by atoms with van der Waals surface area (Å²) < 4.78 is 4.94. The van der Waals surface area contributed by atoms with Crippen LogP contribution in [0, 0.1) is 0 Å². The van der Waals surface area contributed by atoms with Gasteiger partial charge in [-0.15, -0.1) is 13.2 Å². The minimum atomic E-state index is -0.0973. The van der Waals surface area contributed by atoms with Crippen molar-refractivity contribution >= 4 is 5.91 Å². The van der Waals surface area contributed by atoms with Gasteiger partial charge >= 0.3 is 0 Å². The second-order valence-corrected chi connectivity index (χ2v) is 3.38. The predicted octanol–water partition coefficient (Wildman–Crippen LogP) is 1.90. The third-order valence-corrected chi connectivity index (χ3v) is 2.18. The van der Waals surface area contributed by atoms with Crippen LogP contribution in [-0.2, 0) is 0 Å². The third kappa shape index (κ3) is 3.45. The van der Waals surface area contributed by atoms with Gasteiger partial charge in [0.1, 0.15) is 0 Å². The molecule has 1 aromatic rings. The number of carbonyl (C=O) groups excluding carboxylic acids is 1. The molecule has 1 rings (SSSR count). The molecule has 0 aliphatic heterocycles. The van der Waals surface area contributed by atoms with Crippen LogP contribution < -0.4 is 4.74 Å². The van der Waals surface area contributed by atoms with Crippen molar-refractivity contribution in [1.29, 1.82) is 0 Å². The average molecular weight is 232 g/mol. The van der Waals surface area contributed by atoms with E-state index in [1.165, 1.54) is 13.3 Å². The Labute approximate surface area is 101 Å². The van der Waals surface area contributed by atoms with Gasteiger partial charge in [0.15, 0.2) is 0 Å². The Balaban J connectivity index is 2.84. The zero-order chi connectivity index (χ0) is 12.7. The molecule has 0 unspecified atom stereocenters. The summed E-state index contributed by atoms with van der Waals surface area (Å²) in [5, 5.41) is 0. The molecule has 4 heteroatoms. The lowest BCUT2D eigenvalue weighted by atomic mass is 10.2. The Morgan fingerprint density at radius 1 is 1.41 bits per heavy atom. The van der Waals surface area contributed by atoms with Crippen molar-refractivity contribution < 1.29 is 9.53 Å². The van der Waals surface area contributed by atoms with Gasteiger partial charge in [-0.3, -0.25) is 4.79 Å². The number of hydrogen-bond acceptors (Lipinski definition) is 3. The quantitative estimate of drug-likeness (QED) is 0.703. The van der Waals surface area contributed by atoms with Crippen LogP contribution >= 0.6 is 0 Å². The van der Waals surface area contributed by atoms with Crippen LogP contribution in [0.15, 0.2) is 43.6 Å². The van der Waals surface area contributed by atoms with E-state index in [1.807, 2.05) is 0 Å². The van der Waals surface area contributed by atoms with Crippen molar-refractivity contribution in [3.8, 4) is 5.88 Å². The van der Waals surface area contributed by atoms with Crippen LogP contribution in [0.4, 0.5) is 0 Å². The normalized spacial score (nSPS) is 9.47. The average Bonchev–Trinajstić information content (AvgIpc) is 2.38. The summed E-state index contributed by atoms with van der Waals surface area (Å²) in [7, 11) is 1.53. The zero-order valence-corrected chi connectivity index (χ0v) is 9.93. The Bertz CT molecular complexity index is 388. The van der Waals surface area contributed by atoms with E-state index in [2.05, 4.69) is 18.1 Å². The Morgan fingerprint density at radius 3 is 2.47 bits per heavy atom. The third-order valence-electron chi connectivity index (χ3n) is 2.18. The number of hydrogen-bond donors (Lipinski definition) is 0. The van der Waals surface area contributed by atoms with E-state index >= 15 is 0 Å². The molecule has 0 spiro atoms. The molecule has 0 aliphatic carbocycles. The molecule has 0 aliphatic rings. The number of rotatable bonds is 6. The molecule has 1 aromatic heterocycles. The van der Waals surface area contributed by atoms with E-state index in [0.29, 0.717) is 24.5 Å². The summed E-state index contributed by atoms with van der Waals surface area (Å²) in [5.74, 6) is 0.389. The molecule has 1 amide bonds. The fourth-order valence-electron chi connectivity index (χ4n) is 1.36. The van der Waals surface area contributed by atoms with Crippen LogP contribution in [0.2, 0.25) is 0 Å². The summed E-state index contributed by atoms with van der Waals surface area (Å²) >= 11 is 0. The maximum Gasteiger partial charge on any atom is 0.255 e. The second-order valence-electron chi connectivity index (χ2n) is 3.38. The number of pyridine rings is 1.